The molecule has 6 heteroatoms. The summed E-state index contributed by atoms with van der Waals surface area (Å²) in [5, 5.41) is 10.6. The lowest BCUT2D eigenvalue weighted by Crippen LogP contribution is -2.32. The molecule has 0 aromatic heterocycles. The lowest BCUT2D eigenvalue weighted by atomic mass is 9.95. The van der Waals surface area contributed by atoms with Gasteiger partial charge >= 0.3 is 0 Å². The summed E-state index contributed by atoms with van der Waals surface area (Å²) in [4.78, 5) is 27.5. The van der Waals surface area contributed by atoms with Crippen molar-refractivity contribution in [2.75, 3.05) is 26.9 Å². The minimum absolute atomic E-state index is 0.0688. The number of methoxy groups -OCH3 is 1. The van der Waals surface area contributed by atoms with Crippen molar-refractivity contribution in [2.24, 2.45) is 0 Å². The molecule has 1 amide bonds. The SMILES string of the molecule is C=CCOc1ccc(C2C(C(=O)C=Cc3ccccc3)=C(O)C(=O)N2CCCOC)cc1. The Balaban J connectivity index is 1.92. The number of benzene rings is 2. The van der Waals surface area contributed by atoms with Crippen LogP contribution in [0.5, 0.6) is 5.75 Å². The minimum atomic E-state index is -0.694. The second-order valence-electron chi connectivity index (χ2n) is 7.29. The average molecular weight is 434 g/mol. The van der Waals surface area contributed by atoms with Crippen molar-refractivity contribution in [3.05, 3.63) is 95.8 Å². The number of carbonyl (C=O) groups is 2. The highest BCUT2D eigenvalue weighted by Gasteiger charge is 2.42. The van der Waals surface area contributed by atoms with Gasteiger partial charge in [0.15, 0.2) is 11.5 Å². The number of ether oxygens (including phenoxy) is 2. The Morgan fingerprint density at radius 2 is 1.88 bits per heavy atom. The number of aliphatic hydroxyl groups excluding tert-OH is 1. The Hall–Kier alpha value is -3.64. The number of hydrogen-bond donors (Lipinski definition) is 1. The summed E-state index contributed by atoms with van der Waals surface area (Å²) in [5.41, 5.74) is 1.63. The number of hydrogen-bond acceptors (Lipinski definition) is 5. The van der Waals surface area contributed by atoms with Crippen LogP contribution in [0.15, 0.2) is 84.7 Å². The molecule has 32 heavy (non-hydrogen) atoms. The molecule has 1 heterocycles. The highest BCUT2D eigenvalue weighted by Crippen LogP contribution is 2.38. The van der Waals surface area contributed by atoms with Gasteiger partial charge in [-0.3, -0.25) is 9.59 Å². The predicted molar refractivity (Wildman–Crippen MR) is 123 cm³/mol. The van der Waals surface area contributed by atoms with E-state index < -0.39 is 23.5 Å². The van der Waals surface area contributed by atoms with E-state index in [2.05, 4.69) is 6.58 Å². The van der Waals surface area contributed by atoms with Gasteiger partial charge in [-0.25, -0.2) is 0 Å². The van der Waals surface area contributed by atoms with Crippen LogP contribution in [-0.4, -0.2) is 48.6 Å². The molecule has 0 bridgehead atoms. The molecule has 1 aliphatic rings. The largest absolute Gasteiger partial charge is 0.503 e. The average Bonchev–Trinajstić information content (AvgIpc) is 3.07. The summed E-state index contributed by atoms with van der Waals surface area (Å²) >= 11 is 0. The first-order chi connectivity index (χ1) is 15.6. The summed E-state index contributed by atoms with van der Waals surface area (Å²) in [7, 11) is 1.59. The van der Waals surface area contributed by atoms with E-state index >= 15 is 0 Å². The van der Waals surface area contributed by atoms with E-state index in [1.807, 2.05) is 30.3 Å². The van der Waals surface area contributed by atoms with Gasteiger partial charge in [-0.2, -0.15) is 0 Å². The summed E-state index contributed by atoms with van der Waals surface area (Å²) in [6.07, 6.45) is 5.29. The topological polar surface area (TPSA) is 76.1 Å². The number of allylic oxidation sites excluding steroid dienone is 1. The van der Waals surface area contributed by atoms with E-state index in [4.69, 9.17) is 9.47 Å². The molecule has 1 aliphatic heterocycles. The fraction of sp³-hybridized carbons (Fsp3) is 0.231. The molecule has 0 aliphatic carbocycles. The molecule has 2 aromatic carbocycles. The lowest BCUT2D eigenvalue weighted by molar-refractivity contribution is -0.129. The van der Waals surface area contributed by atoms with Crippen LogP contribution >= 0.6 is 0 Å². The zero-order valence-corrected chi connectivity index (χ0v) is 18.1. The van der Waals surface area contributed by atoms with Gasteiger partial charge in [0.1, 0.15) is 12.4 Å². The zero-order valence-electron chi connectivity index (χ0n) is 18.1. The molecule has 6 nitrogen and oxygen atoms in total. The molecular formula is C26H27NO5. The van der Waals surface area contributed by atoms with Crippen LogP contribution in [0.2, 0.25) is 0 Å². The van der Waals surface area contributed by atoms with Gasteiger partial charge in [0.25, 0.3) is 5.91 Å². The maximum absolute atomic E-state index is 13.1. The highest BCUT2D eigenvalue weighted by molar-refractivity contribution is 6.14. The van der Waals surface area contributed by atoms with Gasteiger partial charge in [0, 0.05) is 20.3 Å². The third kappa shape index (κ3) is 5.34. The van der Waals surface area contributed by atoms with Crippen molar-refractivity contribution in [3.8, 4) is 5.75 Å². The van der Waals surface area contributed by atoms with Crippen molar-refractivity contribution in [1.82, 2.24) is 4.90 Å². The smallest absolute Gasteiger partial charge is 0.290 e. The normalized spacial score (nSPS) is 16.1. The number of amides is 1. The molecule has 1 N–H and O–H groups in total. The number of carbonyl (C=O) groups excluding carboxylic acids is 2. The van der Waals surface area contributed by atoms with Gasteiger partial charge in [-0.1, -0.05) is 61.2 Å². The fourth-order valence-electron chi connectivity index (χ4n) is 3.59. The van der Waals surface area contributed by atoms with Crippen molar-refractivity contribution < 1.29 is 24.2 Å². The summed E-state index contributed by atoms with van der Waals surface area (Å²) in [6, 6.07) is 15.8. The standard InChI is InChI=1S/C26H27NO5/c1-3-17-32-21-13-11-20(12-14-21)24-23(22(28)15-10-19-8-5-4-6-9-19)25(29)26(30)27(24)16-7-18-31-2/h3-6,8-15,24,29H,1,7,16-18H2,2H3. The first-order valence-corrected chi connectivity index (χ1v) is 10.4. The molecule has 0 saturated carbocycles. The monoisotopic (exact) mass is 433 g/mol. The molecule has 0 spiro atoms. The Morgan fingerprint density at radius 1 is 1.16 bits per heavy atom. The fourth-order valence-corrected chi connectivity index (χ4v) is 3.59. The van der Waals surface area contributed by atoms with Crippen molar-refractivity contribution in [1.29, 1.82) is 0 Å². The van der Waals surface area contributed by atoms with Crippen LogP contribution in [0.4, 0.5) is 0 Å². The van der Waals surface area contributed by atoms with Crippen molar-refractivity contribution in [3.63, 3.8) is 0 Å². The van der Waals surface area contributed by atoms with Crippen molar-refractivity contribution >= 4 is 17.8 Å². The van der Waals surface area contributed by atoms with Crippen LogP contribution in [0.3, 0.4) is 0 Å². The Bertz CT molecular complexity index is 1010. The summed E-state index contributed by atoms with van der Waals surface area (Å²) in [5.74, 6) is -0.837. The van der Waals surface area contributed by atoms with E-state index in [0.29, 0.717) is 37.5 Å². The lowest BCUT2D eigenvalue weighted by Gasteiger charge is -2.26. The second-order valence-corrected chi connectivity index (χ2v) is 7.29. The van der Waals surface area contributed by atoms with E-state index in [9.17, 15) is 14.7 Å². The van der Waals surface area contributed by atoms with Crippen LogP contribution in [0.25, 0.3) is 6.08 Å². The maximum atomic E-state index is 13.1. The highest BCUT2D eigenvalue weighted by atomic mass is 16.5. The molecule has 1 atom stereocenters. The second kappa shape index (κ2) is 11.1. The van der Waals surface area contributed by atoms with Crippen LogP contribution in [-0.2, 0) is 14.3 Å². The Morgan fingerprint density at radius 3 is 2.53 bits per heavy atom. The Kier molecular flexibility index (Phi) is 8.00. The zero-order chi connectivity index (χ0) is 22.9. The van der Waals surface area contributed by atoms with E-state index in [1.165, 1.54) is 11.0 Å². The van der Waals surface area contributed by atoms with Gasteiger partial charge in [0.05, 0.1) is 11.6 Å². The third-order valence-corrected chi connectivity index (χ3v) is 5.11. The van der Waals surface area contributed by atoms with Crippen LogP contribution in [0.1, 0.15) is 23.6 Å². The molecule has 0 radical (unpaired) electrons. The molecule has 0 saturated heterocycles. The molecule has 0 fully saturated rings. The van der Waals surface area contributed by atoms with Gasteiger partial charge < -0.3 is 19.5 Å². The molecule has 166 valence electrons. The van der Waals surface area contributed by atoms with Gasteiger partial charge in [0.2, 0.25) is 0 Å². The van der Waals surface area contributed by atoms with Crippen LogP contribution in [0, 0.1) is 0 Å². The molecule has 1 unspecified atom stereocenters. The summed E-state index contributed by atoms with van der Waals surface area (Å²) < 4.78 is 10.6. The van der Waals surface area contributed by atoms with E-state index in [0.717, 1.165) is 5.56 Å². The summed E-state index contributed by atoms with van der Waals surface area (Å²) in [6.45, 7) is 4.81. The Labute approximate surface area is 188 Å². The van der Waals surface area contributed by atoms with Crippen LogP contribution < -0.4 is 4.74 Å². The van der Waals surface area contributed by atoms with Gasteiger partial charge in [-0.05, 0) is 35.8 Å². The maximum Gasteiger partial charge on any atom is 0.290 e. The first-order valence-electron chi connectivity index (χ1n) is 10.4. The number of nitrogens with zero attached hydrogens (tertiary/aromatic N) is 1. The van der Waals surface area contributed by atoms with Crippen molar-refractivity contribution in [2.45, 2.75) is 12.5 Å². The number of rotatable bonds is 11. The quantitative estimate of drug-likeness (QED) is 0.325. The van der Waals surface area contributed by atoms with E-state index in [1.54, 1.807) is 43.5 Å². The first kappa shape index (κ1) is 23.0. The molecule has 3 rings (SSSR count). The number of ketones is 1. The van der Waals surface area contributed by atoms with Gasteiger partial charge in [-0.15, -0.1) is 0 Å². The third-order valence-electron chi connectivity index (χ3n) is 5.11. The predicted octanol–water partition coefficient (Wildman–Crippen LogP) is 4.27. The number of aliphatic hydroxyl groups is 1. The molecular weight excluding hydrogens is 406 g/mol. The minimum Gasteiger partial charge on any atom is -0.503 e. The molecule has 2 aromatic rings. The van der Waals surface area contributed by atoms with E-state index in [-0.39, 0.29) is 5.57 Å².